The van der Waals surface area contributed by atoms with E-state index in [4.69, 9.17) is 4.74 Å². The van der Waals surface area contributed by atoms with Gasteiger partial charge in [0.05, 0.1) is 21.8 Å². The number of hydrogen-bond acceptors (Lipinski definition) is 4. The second-order valence-electron chi connectivity index (χ2n) is 6.16. The number of fused-ring (bicyclic) bond motifs is 1. The number of benzene rings is 1. The summed E-state index contributed by atoms with van der Waals surface area (Å²) < 4.78 is 6.33. The molecule has 2 rings (SSSR count). The average molecular weight is 334 g/mol. The van der Waals surface area contributed by atoms with Gasteiger partial charge in [0.1, 0.15) is 0 Å². The van der Waals surface area contributed by atoms with Gasteiger partial charge in [-0.05, 0) is 30.9 Å². The molecule has 1 aromatic heterocycles. The molecule has 0 saturated carbocycles. The topological polar surface area (TPSA) is 42.4 Å². The molecule has 1 aromatic carbocycles. The van der Waals surface area contributed by atoms with Gasteiger partial charge in [0.25, 0.3) is 0 Å². The number of carbonyl (C=O) groups is 1. The summed E-state index contributed by atoms with van der Waals surface area (Å²) in [5.74, 6) is 0.692. The van der Waals surface area contributed by atoms with Crippen molar-refractivity contribution in [2.75, 3.05) is 26.8 Å². The highest BCUT2D eigenvalue weighted by Crippen LogP contribution is 2.22. The third kappa shape index (κ3) is 5.59. The Bertz CT molecular complexity index is 591. The highest BCUT2D eigenvalue weighted by Gasteiger charge is 2.14. The number of amides is 1. The minimum Gasteiger partial charge on any atom is -0.383 e. The lowest BCUT2D eigenvalue weighted by atomic mass is 10.1. The largest absolute Gasteiger partial charge is 0.383 e. The first-order chi connectivity index (χ1) is 11.1. The second kappa shape index (κ2) is 8.99. The summed E-state index contributed by atoms with van der Waals surface area (Å²) in [5.41, 5.74) is 1.06. The van der Waals surface area contributed by atoms with Crippen LogP contribution in [-0.4, -0.2) is 42.6 Å². The molecule has 0 fully saturated rings. The molecule has 2 aromatic rings. The zero-order valence-electron chi connectivity index (χ0n) is 14.2. The van der Waals surface area contributed by atoms with Gasteiger partial charge in [0, 0.05) is 26.6 Å². The van der Waals surface area contributed by atoms with Crippen LogP contribution < -0.4 is 0 Å². The normalized spacial score (nSPS) is 11.3. The van der Waals surface area contributed by atoms with Gasteiger partial charge >= 0.3 is 0 Å². The number of hydrogen-bond donors (Lipinski definition) is 0. The van der Waals surface area contributed by atoms with Gasteiger partial charge in [0.15, 0.2) is 0 Å². The Morgan fingerprint density at radius 3 is 2.83 bits per heavy atom. The Morgan fingerprint density at radius 2 is 2.13 bits per heavy atom. The van der Waals surface area contributed by atoms with E-state index in [9.17, 15) is 4.79 Å². The summed E-state index contributed by atoms with van der Waals surface area (Å²) in [6, 6.07) is 8.18. The van der Waals surface area contributed by atoms with E-state index in [1.54, 1.807) is 18.4 Å². The Balaban J connectivity index is 1.84. The van der Waals surface area contributed by atoms with Crippen LogP contribution in [0, 0.1) is 5.92 Å². The third-order valence-electron chi connectivity index (χ3n) is 3.62. The first kappa shape index (κ1) is 17.9. The molecule has 5 heteroatoms. The lowest BCUT2D eigenvalue weighted by Gasteiger charge is -2.24. The van der Waals surface area contributed by atoms with Crippen molar-refractivity contribution in [3.63, 3.8) is 0 Å². The fourth-order valence-corrected chi connectivity index (χ4v) is 3.54. The van der Waals surface area contributed by atoms with Gasteiger partial charge < -0.3 is 9.64 Å². The summed E-state index contributed by atoms with van der Waals surface area (Å²) in [6.07, 6.45) is 2.29. The van der Waals surface area contributed by atoms with Crippen LogP contribution >= 0.6 is 11.3 Å². The maximum Gasteiger partial charge on any atom is 0.222 e. The number of rotatable bonds is 9. The van der Waals surface area contributed by atoms with Crippen LogP contribution in [-0.2, 0) is 16.0 Å². The van der Waals surface area contributed by atoms with Gasteiger partial charge in [-0.15, -0.1) is 11.3 Å². The van der Waals surface area contributed by atoms with Crippen molar-refractivity contribution in [2.24, 2.45) is 5.92 Å². The Morgan fingerprint density at radius 1 is 1.35 bits per heavy atom. The van der Waals surface area contributed by atoms with E-state index in [1.807, 2.05) is 23.1 Å². The first-order valence-corrected chi connectivity index (χ1v) is 9.03. The van der Waals surface area contributed by atoms with Crippen molar-refractivity contribution in [2.45, 2.75) is 33.1 Å². The number of thiazole rings is 1. The molecule has 0 N–H and O–H groups in total. The quantitative estimate of drug-likeness (QED) is 0.701. The molecule has 0 spiro atoms. The van der Waals surface area contributed by atoms with E-state index in [2.05, 4.69) is 24.9 Å². The van der Waals surface area contributed by atoms with Crippen LogP contribution in [0.15, 0.2) is 24.3 Å². The fourth-order valence-electron chi connectivity index (χ4n) is 2.54. The lowest BCUT2D eigenvalue weighted by molar-refractivity contribution is -0.132. The van der Waals surface area contributed by atoms with Gasteiger partial charge in [-0.3, -0.25) is 4.79 Å². The van der Waals surface area contributed by atoms with Crippen molar-refractivity contribution in [1.82, 2.24) is 9.88 Å². The fraction of sp³-hybridized carbons (Fsp3) is 0.556. The third-order valence-corrected chi connectivity index (χ3v) is 4.72. The molecule has 126 valence electrons. The van der Waals surface area contributed by atoms with Crippen LogP contribution in [0.1, 0.15) is 31.7 Å². The molecule has 0 saturated heterocycles. The van der Waals surface area contributed by atoms with Crippen molar-refractivity contribution in [3.05, 3.63) is 29.3 Å². The monoisotopic (exact) mass is 334 g/mol. The summed E-state index contributed by atoms with van der Waals surface area (Å²) >= 11 is 1.73. The zero-order chi connectivity index (χ0) is 16.7. The van der Waals surface area contributed by atoms with Gasteiger partial charge in [0.2, 0.25) is 5.91 Å². The Hall–Kier alpha value is -1.46. The van der Waals surface area contributed by atoms with E-state index < -0.39 is 0 Å². The number of ether oxygens (including phenoxy) is 1. The van der Waals surface area contributed by atoms with Gasteiger partial charge in [-0.2, -0.15) is 0 Å². The number of methoxy groups -OCH3 is 1. The van der Waals surface area contributed by atoms with Gasteiger partial charge in [-0.25, -0.2) is 4.98 Å². The molecule has 23 heavy (non-hydrogen) atoms. The first-order valence-electron chi connectivity index (χ1n) is 8.21. The SMILES string of the molecule is COCCN(CC(C)C)C(=O)CCCc1nc2ccccc2s1. The number of para-hydroxylation sites is 1. The van der Waals surface area contributed by atoms with Crippen molar-refractivity contribution in [3.8, 4) is 0 Å². The highest BCUT2D eigenvalue weighted by atomic mass is 32.1. The standard InChI is InChI=1S/C18H26N2O2S/c1-14(2)13-20(11-12-22-3)18(21)10-6-9-17-19-15-7-4-5-8-16(15)23-17/h4-5,7-8,14H,6,9-13H2,1-3H3. The number of aryl methyl sites for hydroxylation is 1. The predicted molar refractivity (Wildman–Crippen MR) is 95.9 cm³/mol. The number of carbonyl (C=O) groups excluding carboxylic acids is 1. The minimum absolute atomic E-state index is 0.219. The van der Waals surface area contributed by atoms with Gasteiger partial charge in [-0.1, -0.05) is 26.0 Å². The van der Waals surface area contributed by atoms with Crippen LogP contribution in [0.25, 0.3) is 10.2 Å². The van der Waals surface area contributed by atoms with Crippen LogP contribution in [0.4, 0.5) is 0 Å². The summed E-state index contributed by atoms with van der Waals surface area (Å²) in [4.78, 5) is 18.9. The smallest absolute Gasteiger partial charge is 0.222 e. The molecule has 0 aliphatic carbocycles. The predicted octanol–water partition coefficient (Wildman–Crippen LogP) is 3.75. The van der Waals surface area contributed by atoms with Crippen LogP contribution in [0.2, 0.25) is 0 Å². The lowest BCUT2D eigenvalue weighted by Crippen LogP contribution is -2.36. The molecule has 0 bridgehead atoms. The van der Waals surface area contributed by atoms with E-state index in [0.29, 0.717) is 25.5 Å². The Labute approximate surface area is 142 Å². The molecule has 1 heterocycles. The van der Waals surface area contributed by atoms with E-state index in [-0.39, 0.29) is 5.91 Å². The number of nitrogens with zero attached hydrogens (tertiary/aromatic N) is 2. The molecule has 4 nitrogen and oxygen atoms in total. The maximum atomic E-state index is 12.4. The molecule has 0 unspecified atom stereocenters. The van der Waals surface area contributed by atoms with Crippen molar-refractivity contribution in [1.29, 1.82) is 0 Å². The molecule has 0 atom stereocenters. The average Bonchev–Trinajstić information content (AvgIpc) is 2.93. The molecule has 0 radical (unpaired) electrons. The minimum atomic E-state index is 0.219. The zero-order valence-corrected chi connectivity index (χ0v) is 15.1. The molecular weight excluding hydrogens is 308 g/mol. The van der Waals surface area contributed by atoms with Crippen molar-refractivity contribution < 1.29 is 9.53 Å². The molecule has 1 amide bonds. The summed E-state index contributed by atoms with van der Waals surface area (Å²) in [6.45, 7) is 6.33. The molecular formula is C18H26N2O2S. The molecule has 0 aliphatic heterocycles. The summed E-state index contributed by atoms with van der Waals surface area (Å²) in [5, 5.41) is 1.12. The highest BCUT2D eigenvalue weighted by molar-refractivity contribution is 7.18. The van der Waals surface area contributed by atoms with Crippen LogP contribution in [0.5, 0.6) is 0 Å². The maximum absolute atomic E-state index is 12.4. The van der Waals surface area contributed by atoms with Crippen LogP contribution in [0.3, 0.4) is 0 Å². The molecule has 0 aliphatic rings. The van der Waals surface area contributed by atoms with E-state index in [1.165, 1.54) is 4.70 Å². The summed E-state index contributed by atoms with van der Waals surface area (Å²) in [7, 11) is 1.67. The number of aromatic nitrogens is 1. The Kier molecular flexibility index (Phi) is 6.99. The van der Waals surface area contributed by atoms with E-state index in [0.717, 1.165) is 29.9 Å². The second-order valence-corrected chi connectivity index (χ2v) is 7.27. The van der Waals surface area contributed by atoms with Crippen molar-refractivity contribution >= 4 is 27.5 Å². The van der Waals surface area contributed by atoms with E-state index >= 15 is 0 Å².